The highest BCUT2D eigenvalue weighted by Gasteiger charge is 2.21. The second-order valence-corrected chi connectivity index (χ2v) is 5.88. The van der Waals surface area contributed by atoms with E-state index in [1.165, 1.54) is 32.0 Å². The largest absolute Gasteiger partial charge is 0.369 e. The van der Waals surface area contributed by atoms with Gasteiger partial charge in [-0.1, -0.05) is 26.2 Å². The van der Waals surface area contributed by atoms with Crippen LogP contribution < -0.4 is 10.9 Å². The molecular formula is C12H18IN3O. The number of halogens is 1. The predicted octanol–water partition coefficient (Wildman–Crippen LogP) is 2.61. The van der Waals surface area contributed by atoms with Gasteiger partial charge in [0.1, 0.15) is 9.39 Å². The van der Waals surface area contributed by atoms with Gasteiger partial charge in [-0.3, -0.25) is 4.79 Å². The van der Waals surface area contributed by atoms with Gasteiger partial charge < -0.3 is 10.3 Å². The molecule has 94 valence electrons. The summed E-state index contributed by atoms with van der Waals surface area (Å²) in [5, 5.41) is 3.32. The van der Waals surface area contributed by atoms with E-state index in [9.17, 15) is 4.79 Å². The van der Waals surface area contributed by atoms with Crippen molar-refractivity contribution in [2.45, 2.75) is 32.6 Å². The Hall–Kier alpha value is -0.590. The molecule has 0 spiro atoms. The van der Waals surface area contributed by atoms with Crippen LogP contribution in [0.5, 0.6) is 0 Å². The van der Waals surface area contributed by atoms with Crippen LogP contribution in [0, 0.1) is 15.4 Å². The van der Waals surface area contributed by atoms with Crippen molar-refractivity contribution in [3.05, 3.63) is 20.3 Å². The maximum absolute atomic E-state index is 11.4. The Balaban J connectivity index is 1.97. The predicted molar refractivity (Wildman–Crippen MR) is 77.2 cm³/mol. The molecule has 5 heteroatoms. The summed E-state index contributed by atoms with van der Waals surface area (Å²) in [7, 11) is 0. The standard InChI is InChI=1S/C12H18IN3O/c1-8-4-2-3-5-9(8)6-14-11-10(13)12(17)16-7-15-11/h7-9H,2-6H2,1H3,(H2,14,15,16,17). The van der Waals surface area contributed by atoms with Crippen molar-refractivity contribution in [1.82, 2.24) is 9.97 Å². The second kappa shape index (κ2) is 5.84. The summed E-state index contributed by atoms with van der Waals surface area (Å²) in [6, 6.07) is 0. The molecule has 17 heavy (non-hydrogen) atoms. The monoisotopic (exact) mass is 347 g/mol. The number of aromatic nitrogens is 2. The van der Waals surface area contributed by atoms with Gasteiger partial charge in [-0.2, -0.15) is 0 Å². The molecule has 2 rings (SSSR count). The number of hydrogen-bond donors (Lipinski definition) is 2. The van der Waals surface area contributed by atoms with Gasteiger partial charge in [-0.15, -0.1) is 0 Å². The summed E-state index contributed by atoms with van der Waals surface area (Å²) >= 11 is 2.04. The zero-order valence-electron chi connectivity index (χ0n) is 10.0. The van der Waals surface area contributed by atoms with Crippen LogP contribution in [0.3, 0.4) is 0 Å². The molecule has 1 aromatic heterocycles. The van der Waals surface area contributed by atoms with Crippen molar-refractivity contribution in [2.24, 2.45) is 11.8 Å². The summed E-state index contributed by atoms with van der Waals surface area (Å²) < 4.78 is 0.647. The second-order valence-electron chi connectivity index (χ2n) is 4.80. The van der Waals surface area contributed by atoms with E-state index in [4.69, 9.17) is 0 Å². The minimum Gasteiger partial charge on any atom is -0.369 e. The normalized spacial score (nSPS) is 24.6. The molecule has 0 radical (unpaired) electrons. The number of rotatable bonds is 3. The molecule has 1 aliphatic carbocycles. The minimum absolute atomic E-state index is 0.0696. The number of nitrogens with one attached hydrogen (secondary N) is 2. The fourth-order valence-electron chi connectivity index (χ4n) is 2.43. The van der Waals surface area contributed by atoms with Crippen molar-refractivity contribution in [1.29, 1.82) is 0 Å². The zero-order valence-corrected chi connectivity index (χ0v) is 12.2. The molecule has 0 amide bonds. The van der Waals surface area contributed by atoms with E-state index < -0.39 is 0 Å². The molecule has 1 aromatic rings. The summed E-state index contributed by atoms with van der Waals surface area (Å²) in [6.07, 6.45) is 6.76. The summed E-state index contributed by atoms with van der Waals surface area (Å²) in [4.78, 5) is 18.2. The first-order valence-corrected chi connectivity index (χ1v) is 7.23. The van der Waals surface area contributed by atoms with Gasteiger partial charge in [0.15, 0.2) is 0 Å². The van der Waals surface area contributed by atoms with E-state index in [2.05, 4.69) is 22.2 Å². The molecule has 1 fully saturated rings. The van der Waals surface area contributed by atoms with Gasteiger partial charge in [-0.25, -0.2) is 4.98 Å². The number of H-pyrrole nitrogens is 1. The van der Waals surface area contributed by atoms with Crippen LogP contribution in [-0.2, 0) is 0 Å². The molecule has 0 aromatic carbocycles. The van der Waals surface area contributed by atoms with E-state index in [1.807, 2.05) is 22.6 Å². The lowest BCUT2D eigenvalue weighted by atomic mass is 9.80. The van der Waals surface area contributed by atoms with E-state index >= 15 is 0 Å². The molecular weight excluding hydrogens is 329 g/mol. The van der Waals surface area contributed by atoms with Gasteiger partial charge in [0.25, 0.3) is 5.56 Å². The maximum Gasteiger partial charge on any atom is 0.266 e. The van der Waals surface area contributed by atoms with Crippen LogP contribution in [0.4, 0.5) is 5.82 Å². The first kappa shape index (κ1) is 12.9. The van der Waals surface area contributed by atoms with Crippen LogP contribution >= 0.6 is 22.6 Å². The van der Waals surface area contributed by atoms with Crippen LogP contribution in [0.2, 0.25) is 0 Å². The molecule has 0 aliphatic heterocycles. The molecule has 1 heterocycles. The van der Waals surface area contributed by atoms with Crippen LogP contribution in [0.25, 0.3) is 0 Å². The molecule has 4 nitrogen and oxygen atoms in total. The maximum atomic E-state index is 11.4. The Kier molecular flexibility index (Phi) is 4.42. The lowest BCUT2D eigenvalue weighted by Crippen LogP contribution is -2.26. The molecule has 0 saturated heterocycles. The molecule has 1 aliphatic rings. The SMILES string of the molecule is CC1CCCCC1CNc1nc[nH]c(=O)c1I. The lowest BCUT2D eigenvalue weighted by molar-refractivity contribution is 0.268. The summed E-state index contributed by atoms with van der Waals surface area (Å²) in [6.45, 7) is 3.25. The smallest absolute Gasteiger partial charge is 0.266 e. The molecule has 0 bridgehead atoms. The third kappa shape index (κ3) is 3.20. The Bertz CT molecular complexity index is 432. The topological polar surface area (TPSA) is 57.8 Å². The average Bonchev–Trinajstić information content (AvgIpc) is 2.33. The quantitative estimate of drug-likeness (QED) is 0.827. The van der Waals surface area contributed by atoms with Crippen LogP contribution in [0.1, 0.15) is 32.6 Å². The highest BCUT2D eigenvalue weighted by molar-refractivity contribution is 14.1. The Labute approximate surface area is 115 Å². The molecule has 1 saturated carbocycles. The Morgan fingerprint density at radius 3 is 3.06 bits per heavy atom. The van der Waals surface area contributed by atoms with Crippen molar-refractivity contribution < 1.29 is 0 Å². The van der Waals surface area contributed by atoms with E-state index in [-0.39, 0.29) is 5.56 Å². The highest BCUT2D eigenvalue weighted by atomic mass is 127. The zero-order chi connectivity index (χ0) is 12.3. The van der Waals surface area contributed by atoms with E-state index in [1.54, 1.807) is 0 Å². The van der Waals surface area contributed by atoms with Gasteiger partial charge in [0.05, 0.1) is 6.33 Å². The van der Waals surface area contributed by atoms with E-state index in [0.717, 1.165) is 12.5 Å². The van der Waals surface area contributed by atoms with Gasteiger partial charge in [-0.05, 0) is 40.8 Å². The Morgan fingerprint density at radius 1 is 1.53 bits per heavy atom. The fraction of sp³-hybridized carbons (Fsp3) is 0.667. The first-order chi connectivity index (χ1) is 8.18. The highest BCUT2D eigenvalue weighted by Crippen LogP contribution is 2.29. The van der Waals surface area contributed by atoms with Crippen molar-refractivity contribution >= 4 is 28.4 Å². The minimum atomic E-state index is -0.0696. The van der Waals surface area contributed by atoms with Crippen LogP contribution in [0.15, 0.2) is 11.1 Å². The number of nitrogens with zero attached hydrogens (tertiary/aromatic N) is 1. The van der Waals surface area contributed by atoms with Gasteiger partial charge in [0, 0.05) is 6.54 Å². The fourth-order valence-corrected chi connectivity index (χ4v) is 2.92. The van der Waals surface area contributed by atoms with E-state index in [0.29, 0.717) is 15.3 Å². The number of anilines is 1. The van der Waals surface area contributed by atoms with Crippen molar-refractivity contribution in [2.75, 3.05) is 11.9 Å². The molecule has 2 atom stereocenters. The third-order valence-corrected chi connectivity index (χ3v) is 4.62. The lowest BCUT2D eigenvalue weighted by Gasteiger charge is -2.29. The number of aromatic amines is 1. The average molecular weight is 347 g/mol. The number of hydrogen-bond acceptors (Lipinski definition) is 3. The van der Waals surface area contributed by atoms with Gasteiger partial charge in [0.2, 0.25) is 0 Å². The first-order valence-electron chi connectivity index (χ1n) is 6.15. The van der Waals surface area contributed by atoms with Crippen molar-refractivity contribution in [3.63, 3.8) is 0 Å². The Morgan fingerprint density at radius 2 is 2.29 bits per heavy atom. The molecule has 2 unspecified atom stereocenters. The summed E-state index contributed by atoms with van der Waals surface area (Å²) in [5.41, 5.74) is -0.0696. The van der Waals surface area contributed by atoms with Crippen LogP contribution in [-0.4, -0.2) is 16.5 Å². The molecule has 2 N–H and O–H groups in total. The van der Waals surface area contributed by atoms with Gasteiger partial charge >= 0.3 is 0 Å². The summed E-state index contributed by atoms with van der Waals surface area (Å²) in [5.74, 6) is 2.20. The third-order valence-electron chi connectivity index (χ3n) is 3.62. The van der Waals surface area contributed by atoms with Crippen molar-refractivity contribution in [3.8, 4) is 0 Å².